The summed E-state index contributed by atoms with van der Waals surface area (Å²) in [4.78, 5) is 0. The lowest BCUT2D eigenvalue weighted by Crippen LogP contribution is -2.41. The van der Waals surface area contributed by atoms with Gasteiger partial charge >= 0.3 is 0 Å². The second-order valence-electron chi connectivity index (χ2n) is 4.45. The Balaban J connectivity index is 1.79. The molecule has 2 saturated carbocycles. The lowest BCUT2D eigenvalue weighted by molar-refractivity contribution is 0.230. The molecule has 1 atom stereocenters. The highest BCUT2D eigenvalue weighted by Gasteiger charge is 2.41. The van der Waals surface area contributed by atoms with Gasteiger partial charge in [-0.25, -0.2) is 0 Å². The number of hydrogen-bond donors (Lipinski definition) is 2. The Hall–Kier alpha value is -0.0800. The lowest BCUT2D eigenvalue weighted by atomic mass is 10.1. The van der Waals surface area contributed by atoms with Gasteiger partial charge in [-0.3, -0.25) is 0 Å². The third-order valence-electron chi connectivity index (χ3n) is 3.01. The standard InChI is InChI=1S/C10H19NO/c1-7(6-12)11-10(8-2-3-8)9-4-5-9/h7-12H,2-6H2,1H3/t7-/m0/s1. The van der Waals surface area contributed by atoms with Crippen LogP contribution in [0.25, 0.3) is 0 Å². The van der Waals surface area contributed by atoms with Gasteiger partial charge in [0.1, 0.15) is 0 Å². The van der Waals surface area contributed by atoms with Gasteiger partial charge in [-0.15, -0.1) is 0 Å². The van der Waals surface area contributed by atoms with Gasteiger partial charge in [-0.05, 0) is 44.4 Å². The van der Waals surface area contributed by atoms with Crippen molar-refractivity contribution in [1.29, 1.82) is 0 Å². The number of rotatable bonds is 5. The molecule has 2 N–H and O–H groups in total. The fourth-order valence-corrected chi connectivity index (χ4v) is 1.95. The number of aliphatic hydroxyl groups excluding tert-OH is 1. The molecule has 0 saturated heterocycles. The van der Waals surface area contributed by atoms with E-state index in [1.54, 1.807) is 0 Å². The van der Waals surface area contributed by atoms with Crippen molar-refractivity contribution in [3.63, 3.8) is 0 Å². The Labute approximate surface area is 74.4 Å². The molecule has 0 aromatic heterocycles. The van der Waals surface area contributed by atoms with Crippen LogP contribution in [0.5, 0.6) is 0 Å². The van der Waals surface area contributed by atoms with Crippen molar-refractivity contribution in [2.24, 2.45) is 11.8 Å². The molecule has 2 fully saturated rings. The normalized spacial score (nSPS) is 26.2. The van der Waals surface area contributed by atoms with E-state index in [2.05, 4.69) is 12.2 Å². The Morgan fingerprint density at radius 1 is 1.25 bits per heavy atom. The minimum Gasteiger partial charge on any atom is -0.395 e. The van der Waals surface area contributed by atoms with Gasteiger partial charge in [-0.1, -0.05) is 0 Å². The molecule has 12 heavy (non-hydrogen) atoms. The summed E-state index contributed by atoms with van der Waals surface area (Å²) in [5.41, 5.74) is 0. The van der Waals surface area contributed by atoms with Gasteiger partial charge in [0, 0.05) is 12.1 Å². The van der Waals surface area contributed by atoms with E-state index < -0.39 is 0 Å². The molecule has 0 radical (unpaired) electrons. The molecule has 0 unspecified atom stereocenters. The zero-order chi connectivity index (χ0) is 8.55. The molecule has 0 bridgehead atoms. The largest absolute Gasteiger partial charge is 0.395 e. The van der Waals surface area contributed by atoms with Crippen molar-refractivity contribution < 1.29 is 5.11 Å². The number of hydrogen-bond acceptors (Lipinski definition) is 2. The van der Waals surface area contributed by atoms with Gasteiger partial charge in [0.05, 0.1) is 6.61 Å². The maximum Gasteiger partial charge on any atom is 0.0582 e. The van der Waals surface area contributed by atoms with Crippen LogP contribution in [0.4, 0.5) is 0 Å². The predicted octanol–water partition coefficient (Wildman–Crippen LogP) is 1.15. The topological polar surface area (TPSA) is 32.3 Å². The molecule has 2 aliphatic rings. The molecule has 0 heterocycles. The van der Waals surface area contributed by atoms with Gasteiger partial charge in [0.2, 0.25) is 0 Å². The first kappa shape index (κ1) is 8.52. The SMILES string of the molecule is C[C@@H](CO)NC(C1CC1)C1CC1. The second-order valence-corrected chi connectivity index (χ2v) is 4.45. The third kappa shape index (κ3) is 1.99. The lowest BCUT2D eigenvalue weighted by Gasteiger charge is -2.21. The summed E-state index contributed by atoms with van der Waals surface area (Å²) in [5.74, 6) is 1.87. The van der Waals surface area contributed by atoms with Gasteiger partial charge < -0.3 is 10.4 Å². The molecular formula is C10H19NO. The van der Waals surface area contributed by atoms with Crippen LogP contribution in [0.3, 0.4) is 0 Å². The Morgan fingerprint density at radius 2 is 1.75 bits per heavy atom. The van der Waals surface area contributed by atoms with Crippen molar-refractivity contribution in [3.8, 4) is 0 Å². The Kier molecular flexibility index (Phi) is 2.37. The van der Waals surface area contributed by atoms with Crippen LogP contribution in [0.2, 0.25) is 0 Å². The monoisotopic (exact) mass is 169 g/mol. The summed E-state index contributed by atoms with van der Waals surface area (Å²) in [7, 11) is 0. The minimum atomic E-state index is 0.274. The molecule has 70 valence electrons. The highest BCUT2D eigenvalue weighted by molar-refractivity contribution is 4.97. The van der Waals surface area contributed by atoms with Crippen LogP contribution in [-0.4, -0.2) is 23.8 Å². The molecule has 0 spiro atoms. The predicted molar refractivity (Wildman–Crippen MR) is 48.9 cm³/mol. The van der Waals surface area contributed by atoms with Crippen LogP contribution in [0.15, 0.2) is 0 Å². The van der Waals surface area contributed by atoms with E-state index in [1.165, 1.54) is 25.7 Å². The Bertz CT molecular complexity index is 140. The molecule has 0 aromatic carbocycles. The fraction of sp³-hybridized carbons (Fsp3) is 1.00. The fourth-order valence-electron chi connectivity index (χ4n) is 1.95. The molecule has 2 nitrogen and oxygen atoms in total. The van der Waals surface area contributed by atoms with Crippen LogP contribution in [-0.2, 0) is 0 Å². The van der Waals surface area contributed by atoms with Crippen LogP contribution >= 0.6 is 0 Å². The maximum absolute atomic E-state index is 8.93. The van der Waals surface area contributed by atoms with Crippen LogP contribution in [0.1, 0.15) is 32.6 Å². The molecule has 2 heteroatoms. The summed E-state index contributed by atoms with van der Waals surface area (Å²) in [5, 5.41) is 12.5. The van der Waals surface area contributed by atoms with Crippen molar-refractivity contribution in [1.82, 2.24) is 5.32 Å². The minimum absolute atomic E-state index is 0.274. The summed E-state index contributed by atoms with van der Waals surface area (Å²) in [6, 6.07) is 1.02. The van der Waals surface area contributed by atoms with Crippen molar-refractivity contribution in [3.05, 3.63) is 0 Å². The number of nitrogens with one attached hydrogen (secondary N) is 1. The van der Waals surface area contributed by atoms with E-state index in [1.807, 2.05) is 0 Å². The average molecular weight is 169 g/mol. The van der Waals surface area contributed by atoms with E-state index in [-0.39, 0.29) is 12.6 Å². The highest BCUT2D eigenvalue weighted by Crippen LogP contribution is 2.44. The summed E-state index contributed by atoms with van der Waals surface area (Å²) < 4.78 is 0. The first-order valence-electron chi connectivity index (χ1n) is 5.18. The molecule has 0 aromatic rings. The van der Waals surface area contributed by atoms with E-state index in [9.17, 15) is 0 Å². The first-order chi connectivity index (χ1) is 5.81. The molecule has 2 aliphatic carbocycles. The van der Waals surface area contributed by atoms with Crippen molar-refractivity contribution in [2.45, 2.75) is 44.7 Å². The Morgan fingerprint density at radius 3 is 2.08 bits per heavy atom. The van der Waals surface area contributed by atoms with Gasteiger partial charge in [0.25, 0.3) is 0 Å². The molecule has 0 amide bonds. The quantitative estimate of drug-likeness (QED) is 0.647. The van der Waals surface area contributed by atoms with E-state index in [0.29, 0.717) is 0 Å². The smallest absolute Gasteiger partial charge is 0.0582 e. The molecule has 2 rings (SSSR count). The summed E-state index contributed by atoms with van der Waals surface area (Å²) in [6.45, 7) is 2.34. The zero-order valence-electron chi connectivity index (χ0n) is 7.79. The number of aliphatic hydroxyl groups is 1. The van der Waals surface area contributed by atoms with Crippen LogP contribution < -0.4 is 5.32 Å². The summed E-state index contributed by atoms with van der Waals surface area (Å²) >= 11 is 0. The highest BCUT2D eigenvalue weighted by atomic mass is 16.3. The average Bonchev–Trinajstić information content (AvgIpc) is 2.87. The summed E-state index contributed by atoms with van der Waals surface area (Å²) in [6.07, 6.45) is 5.64. The molecular weight excluding hydrogens is 150 g/mol. The van der Waals surface area contributed by atoms with E-state index in [4.69, 9.17) is 5.11 Å². The van der Waals surface area contributed by atoms with Crippen LogP contribution in [0, 0.1) is 11.8 Å². The second kappa shape index (κ2) is 3.35. The van der Waals surface area contributed by atoms with Crippen molar-refractivity contribution >= 4 is 0 Å². The van der Waals surface area contributed by atoms with E-state index in [0.717, 1.165) is 17.9 Å². The van der Waals surface area contributed by atoms with Gasteiger partial charge in [0.15, 0.2) is 0 Å². The van der Waals surface area contributed by atoms with Gasteiger partial charge in [-0.2, -0.15) is 0 Å². The zero-order valence-corrected chi connectivity index (χ0v) is 7.79. The van der Waals surface area contributed by atoms with Crippen molar-refractivity contribution in [2.75, 3.05) is 6.61 Å². The first-order valence-corrected chi connectivity index (χ1v) is 5.18. The maximum atomic E-state index is 8.93. The van der Waals surface area contributed by atoms with E-state index >= 15 is 0 Å². The third-order valence-corrected chi connectivity index (χ3v) is 3.01. The molecule has 0 aliphatic heterocycles.